The van der Waals surface area contributed by atoms with Gasteiger partial charge in [0, 0.05) is 25.5 Å². The summed E-state index contributed by atoms with van der Waals surface area (Å²) in [4.78, 5) is 35.8. The number of aryl methyl sites for hydroxylation is 1. The molecule has 0 atom stereocenters. The number of Topliss-reactive ketones (excluding diaryl/α,β-unsaturated/α-hetero) is 2. The molecule has 1 aliphatic rings. The molecule has 20 heavy (non-hydrogen) atoms. The van der Waals surface area contributed by atoms with Crippen molar-refractivity contribution in [2.45, 2.75) is 26.2 Å². The summed E-state index contributed by atoms with van der Waals surface area (Å²) < 4.78 is 0.985. The molecule has 106 valence electrons. The molecule has 1 N–H and O–H groups in total. The maximum atomic E-state index is 12.4. The van der Waals surface area contributed by atoms with Gasteiger partial charge in [0.2, 0.25) is 5.78 Å². The Morgan fingerprint density at radius 1 is 1.35 bits per heavy atom. The Labute approximate surface area is 119 Å². The van der Waals surface area contributed by atoms with Crippen LogP contribution in [-0.4, -0.2) is 26.5 Å². The number of nitrogens with zero attached hydrogens (tertiary/aromatic N) is 2. The minimum atomic E-state index is -0.740. The molecule has 0 amide bonds. The molecule has 6 nitrogen and oxygen atoms in total. The zero-order chi connectivity index (χ0) is 15.0. The van der Waals surface area contributed by atoms with Gasteiger partial charge in [-0.15, -0.1) is 0 Å². The first-order valence-corrected chi connectivity index (χ1v) is 6.45. The molecule has 0 spiro atoms. The van der Waals surface area contributed by atoms with Crippen molar-refractivity contribution in [3.8, 4) is 0 Å². The van der Waals surface area contributed by atoms with Gasteiger partial charge < -0.3 is 5.11 Å². The first-order chi connectivity index (χ1) is 9.34. The molecule has 0 radical (unpaired) electrons. The van der Waals surface area contributed by atoms with Crippen LogP contribution in [0.1, 0.15) is 35.3 Å². The highest BCUT2D eigenvalue weighted by molar-refractivity contribution is 6.37. The molecule has 0 fully saturated rings. The number of ketones is 2. The van der Waals surface area contributed by atoms with Crippen LogP contribution in [0.2, 0.25) is 5.02 Å². The smallest absolute Gasteiger partial charge is 0.270 e. The number of rotatable bonds is 2. The first-order valence-electron chi connectivity index (χ1n) is 6.08. The topological polar surface area (TPSA) is 89.3 Å². The molecule has 0 bridgehead atoms. The van der Waals surface area contributed by atoms with E-state index in [0.717, 1.165) is 4.68 Å². The van der Waals surface area contributed by atoms with Crippen molar-refractivity contribution in [1.82, 2.24) is 9.78 Å². The Morgan fingerprint density at radius 3 is 2.60 bits per heavy atom. The molecule has 1 aliphatic carbocycles. The third kappa shape index (κ3) is 2.27. The molecule has 1 aromatic rings. The Bertz CT molecular complexity index is 703. The van der Waals surface area contributed by atoms with Gasteiger partial charge in [0.15, 0.2) is 11.5 Å². The highest BCUT2D eigenvalue weighted by Gasteiger charge is 2.30. The van der Waals surface area contributed by atoms with Crippen molar-refractivity contribution in [1.29, 1.82) is 0 Å². The fourth-order valence-corrected chi connectivity index (χ4v) is 2.31. The van der Waals surface area contributed by atoms with Gasteiger partial charge in [0.05, 0.1) is 5.02 Å². The maximum Gasteiger partial charge on any atom is 0.270 e. The van der Waals surface area contributed by atoms with Crippen molar-refractivity contribution >= 4 is 23.2 Å². The molecule has 0 aliphatic heterocycles. The second-order valence-electron chi connectivity index (χ2n) is 4.64. The second-order valence-corrected chi connectivity index (χ2v) is 5.02. The molecule has 0 saturated heterocycles. The van der Waals surface area contributed by atoms with E-state index in [2.05, 4.69) is 5.10 Å². The maximum absolute atomic E-state index is 12.4. The lowest BCUT2D eigenvalue weighted by Gasteiger charge is -2.14. The van der Waals surface area contributed by atoms with E-state index in [-0.39, 0.29) is 40.5 Å². The van der Waals surface area contributed by atoms with Crippen molar-refractivity contribution in [2.24, 2.45) is 7.05 Å². The van der Waals surface area contributed by atoms with E-state index >= 15 is 0 Å². The number of carbonyl (C=O) groups excluding carboxylic acids is 2. The molecule has 0 unspecified atom stereocenters. The van der Waals surface area contributed by atoms with Crippen LogP contribution >= 0.6 is 11.6 Å². The van der Waals surface area contributed by atoms with Crippen LogP contribution in [0.25, 0.3) is 0 Å². The van der Waals surface area contributed by atoms with Crippen molar-refractivity contribution in [2.75, 3.05) is 0 Å². The van der Waals surface area contributed by atoms with E-state index in [0.29, 0.717) is 6.42 Å². The summed E-state index contributed by atoms with van der Waals surface area (Å²) in [5.74, 6) is -1.41. The lowest BCUT2D eigenvalue weighted by atomic mass is 9.92. The zero-order valence-corrected chi connectivity index (χ0v) is 11.8. The van der Waals surface area contributed by atoms with Crippen LogP contribution < -0.4 is 5.56 Å². The monoisotopic (exact) mass is 296 g/mol. The summed E-state index contributed by atoms with van der Waals surface area (Å²) in [5, 5.41) is 13.5. The van der Waals surface area contributed by atoms with Gasteiger partial charge in [0.1, 0.15) is 11.3 Å². The fourth-order valence-electron chi connectivity index (χ4n) is 2.10. The standard InChI is InChI=1S/C13H13ClN2O4/c1-6-10(14)11(15-16(2)13(6)20)12(19)9-7(17)4-3-5-8(9)18/h17H,3-5H2,1-2H3. The molecule has 2 rings (SSSR count). The molecule has 1 heterocycles. The minimum absolute atomic E-state index is 0.0863. The number of aliphatic hydroxyl groups is 1. The van der Waals surface area contributed by atoms with E-state index in [9.17, 15) is 19.5 Å². The number of carbonyl (C=O) groups is 2. The lowest BCUT2D eigenvalue weighted by Crippen LogP contribution is -2.28. The van der Waals surface area contributed by atoms with Crippen LogP contribution in [0.5, 0.6) is 0 Å². The highest BCUT2D eigenvalue weighted by Crippen LogP contribution is 2.25. The molecular weight excluding hydrogens is 284 g/mol. The number of hydrogen-bond acceptors (Lipinski definition) is 5. The lowest BCUT2D eigenvalue weighted by molar-refractivity contribution is -0.116. The minimum Gasteiger partial charge on any atom is -0.511 e. The highest BCUT2D eigenvalue weighted by atomic mass is 35.5. The number of aliphatic hydroxyl groups excluding tert-OH is 1. The number of aromatic nitrogens is 2. The molecule has 0 aromatic carbocycles. The fraction of sp³-hybridized carbons (Fsp3) is 0.385. The van der Waals surface area contributed by atoms with Crippen LogP contribution in [0.4, 0.5) is 0 Å². The van der Waals surface area contributed by atoms with Gasteiger partial charge in [-0.25, -0.2) is 4.68 Å². The van der Waals surface area contributed by atoms with Gasteiger partial charge in [-0.2, -0.15) is 5.10 Å². The van der Waals surface area contributed by atoms with Gasteiger partial charge >= 0.3 is 0 Å². The van der Waals surface area contributed by atoms with Gasteiger partial charge in [-0.1, -0.05) is 11.6 Å². The van der Waals surface area contributed by atoms with Crippen LogP contribution in [-0.2, 0) is 11.8 Å². The summed E-state index contributed by atoms with van der Waals surface area (Å²) in [5.41, 5.74) is -0.706. The quantitative estimate of drug-likeness (QED) is 0.659. The zero-order valence-electron chi connectivity index (χ0n) is 11.1. The summed E-state index contributed by atoms with van der Waals surface area (Å²) >= 11 is 5.97. The van der Waals surface area contributed by atoms with Crippen LogP contribution in [0.3, 0.4) is 0 Å². The van der Waals surface area contributed by atoms with Crippen molar-refractivity contribution < 1.29 is 14.7 Å². The molecule has 0 saturated carbocycles. The van der Waals surface area contributed by atoms with Crippen LogP contribution in [0, 0.1) is 6.92 Å². The predicted octanol–water partition coefficient (Wildman–Crippen LogP) is 1.49. The third-order valence-electron chi connectivity index (χ3n) is 3.23. The Morgan fingerprint density at radius 2 is 2.00 bits per heavy atom. The van der Waals surface area contributed by atoms with E-state index in [1.54, 1.807) is 0 Å². The average molecular weight is 297 g/mol. The van der Waals surface area contributed by atoms with E-state index < -0.39 is 17.1 Å². The number of hydrogen-bond donors (Lipinski definition) is 1. The van der Waals surface area contributed by atoms with E-state index in [1.807, 2.05) is 0 Å². The van der Waals surface area contributed by atoms with Gasteiger partial charge in [-0.3, -0.25) is 14.4 Å². The third-order valence-corrected chi connectivity index (χ3v) is 3.69. The number of halogens is 1. The summed E-state index contributed by atoms with van der Waals surface area (Å²) in [6.07, 6.45) is 0.984. The first kappa shape index (κ1) is 14.5. The molecule has 1 aromatic heterocycles. The Hall–Kier alpha value is -1.95. The normalized spacial score (nSPS) is 15.7. The van der Waals surface area contributed by atoms with Crippen molar-refractivity contribution in [3.05, 3.63) is 38.0 Å². The summed E-state index contributed by atoms with van der Waals surface area (Å²) in [6, 6.07) is 0. The Balaban J connectivity index is 2.61. The molecule has 7 heteroatoms. The van der Waals surface area contributed by atoms with Crippen LogP contribution in [0.15, 0.2) is 16.1 Å². The number of allylic oxidation sites excluding steroid dienone is 2. The van der Waals surface area contributed by atoms with Crippen molar-refractivity contribution in [3.63, 3.8) is 0 Å². The molecular formula is C13H13ClN2O4. The van der Waals surface area contributed by atoms with Gasteiger partial charge in [0.25, 0.3) is 5.56 Å². The summed E-state index contributed by atoms with van der Waals surface area (Å²) in [6.45, 7) is 1.47. The average Bonchev–Trinajstić information content (AvgIpc) is 2.40. The van der Waals surface area contributed by atoms with Gasteiger partial charge in [-0.05, 0) is 13.3 Å². The summed E-state index contributed by atoms with van der Waals surface area (Å²) in [7, 11) is 1.39. The largest absolute Gasteiger partial charge is 0.511 e. The SMILES string of the molecule is Cc1c(Cl)c(C(=O)C2=C(O)CCCC2=O)nn(C)c1=O. The Kier molecular flexibility index (Phi) is 3.76. The van der Waals surface area contributed by atoms with E-state index in [4.69, 9.17) is 11.6 Å². The van der Waals surface area contributed by atoms with E-state index in [1.165, 1.54) is 14.0 Å². The second kappa shape index (κ2) is 5.20. The predicted molar refractivity (Wildman–Crippen MR) is 72.1 cm³/mol.